The second-order valence-electron chi connectivity index (χ2n) is 2.98. The first-order valence-electron chi connectivity index (χ1n) is 4.43. The third-order valence-electron chi connectivity index (χ3n) is 1.97. The quantitative estimate of drug-likeness (QED) is 0.386. The fourth-order valence-corrected chi connectivity index (χ4v) is 1.23. The van der Waals surface area contributed by atoms with E-state index < -0.39 is 0 Å². The van der Waals surface area contributed by atoms with Crippen molar-refractivity contribution in [2.75, 3.05) is 0 Å². The molecule has 0 saturated heterocycles. The molecule has 0 saturated carbocycles. The Hall–Kier alpha value is -0.950. The molecular formula is C9H13ClN2O2. The second-order valence-corrected chi connectivity index (χ2v) is 3.67. The molecule has 0 N–H and O–H groups in total. The van der Waals surface area contributed by atoms with Gasteiger partial charge in [0.2, 0.25) is 12.2 Å². The molecule has 14 heavy (non-hydrogen) atoms. The van der Waals surface area contributed by atoms with Gasteiger partial charge in [-0.3, -0.25) is 0 Å². The summed E-state index contributed by atoms with van der Waals surface area (Å²) in [5.74, 6) is 0. The maximum Gasteiger partial charge on any atom is 0.235 e. The van der Waals surface area contributed by atoms with Gasteiger partial charge in [-0.05, 0) is 19.8 Å². The highest BCUT2D eigenvalue weighted by Crippen LogP contribution is 2.15. The third-order valence-corrected chi connectivity index (χ3v) is 2.26. The maximum absolute atomic E-state index is 10.1. The second kappa shape index (κ2) is 7.45. The van der Waals surface area contributed by atoms with Crippen LogP contribution in [0.2, 0.25) is 0 Å². The van der Waals surface area contributed by atoms with Crippen LogP contribution >= 0.6 is 11.6 Å². The topological polar surface area (TPSA) is 58.9 Å². The van der Waals surface area contributed by atoms with Crippen LogP contribution in [0.3, 0.4) is 0 Å². The van der Waals surface area contributed by atoms with Gasteiger partial charge in [0.05, 0.1) is 17.5 Å². The molecule has 0 amide bonds. The summed E-state index contributed by atoms with van der Waals surface area (Å²) < 4.78 is 0. The Morgan fingerprint density at radius 3 is 2.21 bits per heavy atom. The molecule has 0 fully saturated rings. The smallest absolute Gasteiger partial charge is 0.211 e. The van der Waals surface area contributed by atoms with E-state index in [-0.39, 0.29) is 17.5 Å². The minimum atomic E-state index is -0.337. The van der Waals surface area contributed by atoms with Gasteiger partial charge in [-0.1, -0.05) is 6.92 Å². The first kappa shape index (κ1) is 13.1. The fourth-order valence-electron chi connectivity index (χ4n) is 1.07. The summed E-state index contributed by atoms with van der Waals surface area (Å²) >= 11 is 5.81. The molecule has 0 radical (unpaired) electrons. The summed E-state index contributed by atoms with van der Waals surface area (Å²) in [4.78, 5) is 27.3. The third kappa shape index (κ3) is 4.93. The predicted molar refractivity (Wildman–Crippen MR) is 54.0 cm³/mol. The number of carbonyl (C=O) groups excluding carboxylic acids is 2. The van der Waals surface area contributed by atoms with Crippen LogP contribution in [0.5, 0.6) is 0 Å². The van der Waals surface area contributed by atoms with E-state index in [1.54, 1.807) is 6.92 Å². The van der Waals surface area contributed by atoms with Crippen LogP contribution in [0.1, 0.15) is 26.7 Å². The van der Waals surface area contributed by atoms with Gasteiger partial charge >= 0.3 is 0 Å². The van der Waals surface area contributed by atoms with Crippen molar-refractivity contribution in [2.24, 2.45) is 9.98 Å². The van der Waals surface area contributed by atoms with Crippen molar-refractivity contribution in [3.05, 3.63) is 0 Å². The molecule has 0 aliphatic carbocycles. The molecule has 0 bridgehead atoms. The van der Waals surface area contributed by atoms with Crippen molar-refractivity contribution in [3.63, 3.8) is 0 Å². The summed E-state index contributed by atoms with van der Waals surface area (Å²) in [5.41, 5.74) is 0. The summed E-state index contributed by atoms with van der Waals surface area (Å²) in [6.45, 7) is 3.64. The Bertz CT molecular complexity index is 256. The van der Waals surface area contributed by atoms with Gasteiger partial charge in [-0.2, -0.15) is 0 Å². The molecule has 3 atom stereocenters. The van der Waals surface area contributed by atoms with Crippen LogP contribution in [-0.4, -0.2) is 29.6 Å². The largest absolute Gasteiger partial charge is 0.235 e. The van der Waals surface area contributed by atoms with Gasteiger partial charge in [-0.25, -0.2) is 19.6 Å². The number of nitrogens with zero attached hydrogens (tertiary/aromatic N) is 2. The molecule has 5 heteroatoms. The average molecular weight is 217 g/mol. The number of aliphatic imine (C=N–C) groups is 2. The SMILES string of the molecule is CCC(CC(N=C=O)C(C)Cl)N=C=O. The molecule has 3 unspecified atom stereocenters. The molecule has 78 valence electrons. The number of isocyanates is 2. The highest BCUT2D eigenvalue weighted by Gasteiger charge is 2.18. The molecule has 0 rings (SSSR count). The number of hydrogen-bond donors (Lipinski definition) is 0. The zero-order chi connectivity index (χ0) is 11.0. The standard InChI is InChI=1S/C9H13ClN2O2/c1-3-8(11-5-13)4-9(7(2)10)12-6-14/h7-9H,3-4H2,1-2H3. The Balaban J connectivity index is 4.39. The Morgan fingerprint density at radius 1 is 1.29 bits per heavy atom. The van der Waals surface area contributed by atoms with Crippen molar-refractivity contribution >= 4 is 23.8 Å². The molecular weight excluding hydrogens is 204 g/mol. The van der Waals surface area contributed by atoms with Crippen molar-refractivity contribution in [1.29, 1.82) is 0 Å². The maximum atomic E-state index is 10.1. The molecule has 0 aliphatic rings. The highest BCUT2D eigenvalue weighted by atomic mass is 35.5. The molecule has 0 aromatic carbocycles. The number of alkyl halides is 1. The van der Waals surface area contributed by atoms with Gasteiger partial charge < -0.3 is 0 Å². The minimum absolute atomic E-state index is 0.171. The Kier molecular flexibility index (Phi) is 6.95. The number of halogens is 1. The van der Waals surface area contributed by atoms with Crippen molar-refractivity contribution in [1.82, 2.24) is 0 Å². The van der Waals surface area contributed by atoms with Gasteiger partial charge in [0.15, 0.2) is 0 Å². The fraction of sp³-hybridized carbons (Fsp3) is 0.778. The minimum Gasteiger partial charge on any atom is -0.211 e. The van der Waals surface area contributed by atoms with Crippen LogP contribution in [0.4, 0.5) is 0 Å². The Morgan fingerprint density at radius 2 is 1.86 bits per heavy atom. The number of hydrogen-bond acceptors (Lipinski definition) is 4. The van der Waals surface area contributed by atoms with Gasteiger partial charge in [0, 0.05) is 0 Å². The zero-order valence-electron chi connectivity index (χ0n) is 8.24. The molecule has 0 spiro atoms. The van der Waals surface area contributed by atoms with Gasteiger partial charge in [0.1, 0.15) is 0 Å². The van der Waals surface area contributed by atoms with Crippen LogP contribution < -0.4 is 0 Å². The van der Waals surface area contributed by atoms with E-state index in [4.69, 9.17) is 11.6 Å². The number of rotatable bonds is 6. The van der Waals surface area contributed by atoms with E-state index in [0.29, 0.717) is 12.8 Å². The lowest BCUT2D eigenvalue weighted by molar-refractivity contribution is 0.492. The van der Waals surface area contributed by atoms with Gasteiger partial charge in [0.25, 0.3) is 0 Å². The van der Waals surface area contributed by atoms with Crippen LogP contribution in [-0.2, 0) is 9.59 Å². The zero-order valence-corrected chi connectivity index (χ0v) is 8.99. The lowest BCUT2D eigenvalue weighted by atomic mass is 10.0. The van der Waals surface area contributed by atoms with Crippen LogP contribution in [0.25, 0.3) is 0 Å². The van der Waals surface area contributed by atoms with E-state index in [1.165, 1.54) is 12.2 Å². The molecule has 4 nitrogen and oxygen atoms in total. The summed E-state index contributed by atoms with van der Waals surface area (Å²) in [5, 5.41) is -0.271. The van der Waals surface area contributed by atoms with Crippen molar-refractivity contribution < 1.29 is 9.59 Å². The normalized spacial score (nSPS) is 15.9. The summed E-state index contributed by atoms with van der Waals surface area (Å²) in [7, 11) is 0. The van der Waals surface area contributed by atoms with Crippen LogP contribution in [0.15, 0.2) is 9.98 Å². The predicted octanol–water partition coefficient (Wildman–Crippen LogP) is 1.82. The monoisotopic (exact) mass is 216 g/mol. The van der Waals surface area contributed by atoms with E-state index in [0.717, 1.165) is 0 Å². The van der Waals surface area contributed by atoms with Gasteiger partial charge in [-0.15, -0.1) is 11.6 Å². The van der Waals surface area contributed by atoms with Crippen molar-refractivity contribution in [3.8, 4) is 0 Å². The first-order chi connectivity index (χ1) is 6.65. The average Bonchev–Trinajstić information content (AvgIpc) is 2.15. The van der Waals surface area contributed by atoms with E-state index in [2.05, 4.69) is 9.98 Å². The summed E-state index contributed by atoms with van der Waals surface area (Å²) in [6.07, 6.45) is 4.14. The molecule has 0 aromatic heterocycles. The first-order valence-corrected chi connectivity index (χ1v) is 4.87. The van der Waals surface area contributed by atoms with Crippen molar-refractivity contribution in [2.45, 2.75) is 44.1 Å². The van der Waals surface area contributed by atoms with Crippen LogP contribution in [0, 0.1) is 0 Å². The molecule has 0 aromatic rings. The lowest BCUT2D eigenvalue weighted by Crippen LogP contribution is -2.21. The van der Waals surface area contributed by atoms with E-state index >= 15 is 0 Å². The lowest BCUT2D eigenvalue weighted by Gasteiger charge is -2.15. The van der Waals surface area contributed by atoms with E-state index in [1.807, 2.05) is 6.92 Å². The summed E-state index contributed by atoms with van der Waals surface area (Å²) in [6, 6.07) is -0.507. The highest BCUT2D eigenvalue weighted by molar-refractivity contribution is 6.20. The Labute approximate surface area is 88.1 Å². The van der Waals surface area contributed by atoms with E-state index in [9.17, 15) is 9.59 Å². The molecule has 0 aliphatic heterocycles. The molecule has 0 heterocycles.